The number of carboxylic acid groups (broad SMARTS) is 1. The van der Waals surface area contributed by atoms with Crippen LogP contribution in [-0.2, 0) is 4.79 Å². The normalized spacial score (nSPS) is 11.8. The molecule has 0 unspecified atom stereocenters. The molecule has 0 heterocycles. The molecule has 1 N–H and O–H groups in total. The molecule has 0 bridgehead atoms. The molecular weight excluding hydrogens is 479 g/mol. The Morgan fingerprint density at radius 1 is 0.438 bits per heavy atom. The average molecular weight is 530 g/mol. The van der Waals surface area contributed by atoms with Crippen LogP contribution >= 0.6 is 33.2 Å². The van der Waals surface area contributed by atoms with Crippen LogP contribution in [0.25, 0.3) is 0 Å². The van der Waals surface area contributed by atoms with Crippen LogP contribution in [0.1, 0.15) is 154 Å². The fraction of sp³-hybridized carbons (Fsp3) is 0.962. The zero-order chi connectivity index (χ0) is 23.8. The summed E-state index contributed by atoms with van der Waals surface area (Å²) in [5.41, 5.74) is 0. The number of hydrogen-bond donors (Lipinski definition) is 1. The Morgan fingerprint density at radius 3 is 0.875 bits per heavy atom. The lowest BCUT2D eigenvalue weighted by Gasteiger charge is -2.07. The van der Waals surface area contributed by atoms with E-state index in [-0.39, 0.29) is 0 Å². The van der Waals surface area contributed by atoms with E-state index in [0.717, 1.165) is 25.3 Å². The van der Waals surface area contributed by atoms with Gasteiger partial charge < -0.3 is 5.11 Å². The van der Waals surface area contributed by atoms with Gasteiger partial charge in [-0.25, -0.2) is 0 Å². The second-order valence-corrected chi connectivity index (χ2v) is 18.9. The lowest BCUT2D eigenvalue weighted by Crippen LogP contribution is -2.07. The van der Waals surface area contributed by atoms with Gasteiger partial charge in [0.2, 0.25) is 0 Å². The van der Waals surface area contributed by atoms with Gasteiger partial charge in [-0.05, 0) is 12.5 Å². The molecule has 0 aliphatic rings. The summed E-state index contributed by atoms with van der Waals surface area (Å²) < 4.78 is 0. The lowest BCUT2D eigenvalue weighted by molar-refractivity contribution is -0.137. The van der Waals surface area contributed by atoms with Gasteiger partial charge in [-0.1, -0.05) is 141 Å². The van der Waals surface area contributed by atoms with Gasteiger partial charge in [0.15, 0.2) is 0 Å². The maximum Gasteiger partial charge on any atom is 0.341 e. The maximum atomic E-state index is 10.4. The molecule has 0 amide bonds. The van der Waals surface area contributed by atoms with Crippen molar-refractivity contribution in [3.05, 3.63) is 0 Å². The number of rotatable bonds is 26. The van der Waals surface area contributed by atoms with Crippen molar-refractivity contribution in [2.45, 2.75) is 160 Å². The summed E-state index contributed by atoms with van der Waals surface area (Å²) in [7, 11) is 0. The highest BCUT2D eigenvalue weighted by atomic mass is 35.8. The molecule has 0 aromatic rings. The van der Waals surface area contributed by atoms with E-state index in [1.165, 1.54) is 128 Å². The minimum absolute atomic E-state index is 0.338. The zero-order valence-electron chi connectivity index (χ0n) is 20.7. The van der Waals surface area contributed by atoms with E-state index in [1.54, 1.807) is 0 Å². The minimum atomic E-state index is -2.37. The molecule has 0 rings (SSSR count). The van der Waals surface area contributed by atoms with Crippen LogP contribution in [0.2, 0.25) is 6.04 Å². The van der Waals surface area contributed by atoms with Crippen LogP contribution in [0.4, 0.5) is 0 Å². The van der Waals surface area contributed by atoms with Crippen LogP contribution < -0.4 is 0 Å². The molecule has 0 fully saturated rings. The van der Waals surface area contributed by atoms with Gasteiger partial charge >= 0.3 is 12.0 Å². The van der Waals surface area contributed by atoms with Crippen molar-refractivity contribution >= 4 is 45.2 Å². The third kappa shape index (κ3) is 30.6. The van der Waals surface area contributed by atoms with E-state index in [0.29, 0.717) is 6.42 Å². The highest BCUT2D eigenvalue weighted by Gasteiger charge is 2.23. The first-order chi connectivity index (χ1) is 15.4. The molecule has 0 aliphatic heterocycles. The molecule has 0 saturated carbocycles. The van der Waals surface area contributed by atoms with Crippen molar-refractivity contribution in [3.8, 4) is 0 Å². The number of aliphatic carboxylic acids is 1. The van der Waals surface area contributed by atoms with E-state index in [4.69, 9.17) is 38.3 Å². The fourth-order valence-electron chi connectivity index (χ4n) is 4.31. The van der Waals surface area contributed by atoms with Crippen LogP contribution in [0.3, 0.4) is 0 Å². The van der Waals surface area contributed by atoms with Crippen LogP contribution in [0, 0.1) is 0 Å². The number of carboxylic acids is 1. The van der Waals surface area contributed by atoms with Crippen molar-refractivity contribution < 1.29 is 9.90 Å². The highest BCUT2D eigenvalue weighted by molar-refractivity contribution is 7.64. The summed E-state index contributed by atoms with van der Waals surface area (Å²) in [6.45, 7) is 0. The van der Waals surface area contributed by atoms with Crippen LogP contribution in [-0.4, -0.2) is 17.1 Å². The van der Waals surface area contributed by atoms with E-state index in [9.17, 15) is 4.79 Å². The van der Waals surface area contributed by atoms with Crippen molar-refractivity contribution in [2.24, 2.45) is 0 Å². The molecule has 0 saturated heterocycles. The molecule has 0 atom stereocenters. The highest BCUT2D eigenvalue weighted by Crippen LogP contribution is 2.27. The SMILES string of the molecule is O=C(O)CCCCCCCCCCCCCCCCCCCCCCCCC[Si](Cl)(Cl)Cl. The van der Waals surface area contributed by atoms with Gasteiger partial charge in [-0.2, -0.15) is 0 Å². The van der Waals surface area contributed by atoms with E-state index < -0.39 is 12.0 Å². The topological polar surface area (TPSA) is 37.3 Å². The summed E-state index contributed by atoms with van der Waals surface area (Å²) >= 11 is 17.7. The first-order valence-electron chi connectivity index (χ1n) is 13.7. The van der Waals surface area contributed by atoms with E-state index in [2.05, 4.69) is 0 Å². The van der Waals surface area contributed by atoms with Gasteiger partial charge in [0.05, 0.1) is 0 Å². The van der Waals surface area contributed by atoms with Gasteiger partial charge in [-0.3, -0.25) is 4.79 Å². The minimum Gasteiger partial charge on any atom is -0.481 e. The second-order valence-electron chi connectivity index (χ2n) is 9.64. The van der Waals surface area contributed by atoms with E-state index in [1.807, 2.05) is 0 Å². The Hall–Kier alpha value is 0.557. The quantitative estimate of drug-likeness (QED) is 0.0687. The van der Waals surface area contributed by atoms with Gasteiger partial charge in [-0.15, -0.1) is 33.2 Å². The Morgan fingerprint density at radius 2 is 0.656 bits per heavy atom. The summed E-state index contributed by atoms with van der Waals surface area (Å²) in [6.07, 6.45) is 30.7. The maximum absolute atomic E-state index is 10.4. The first kappa shape index (κ1) is 32.6. The number of unbranched alkanes of at least 4 members (excludes halogenated alkanes) is 22. The Bertz CT molecular complexity index is 403. The predicted molar refractivity (Wildman–Crippen MR) is 147 cm³/mol. The standard InChI is InChI=1S/C26H51Cl3O2Si/c27-32(28,29)25-23-21-19-17-15-13-11-9-7-5-3-1-2-4-6-8-10-12-14-16-18-20-22-24-26(30)31/h1-25H2,(H,30,31). The van der Waals surface area contributed by atoms with Crippen molar-refractivity contribution in [3.63, 3.8) is 0 Å². The predicted octanol–water partition coefficient (Wildman–Crippen LogP) is 11.1. The Kier molecular flexibility index (Phi) is 25.1. The third-order valence-electron chi connectivity index (χ3n) is 6.35. The summed E-state index contributed by atoms with van der Waals surface area (Å²) in [5.74, 6) is -0.657. The molecule has 0 aliphatic carbocycles. The van der Waals surface area contributed by atoms with Gasteiger partial charge in [0.25, 0.3) is 0 Å². The third-order valence-corrected chi connectivity index (χ3v) is 8.97. The molecule has 192 valence electrons. The Labute approximate surface area is 214 Å². The molecule has 6 heteroatoms. The molecule has 0 radical (unpaired) electrons. The van der Waals surface area contributed by atoms with Crippen molar-refractivity contribution in [1.29, 1.82) is 0 Å². The smallest absolute Gasteiger partial charge is 0.341 e. The zero-order valence-corrected chi connectivity index (χ0v) is 23.9. The number of carbonyl (C=O) groups is 1. The molecular formula is C26H51Cl3O2Si. The number of halogens is 3. The van der Waals surface area contributed by atoms with Crippen molar-refractivity contribution in [2.75, 3.05) is 0 Å². The molecule has 2 nitrogen and oxygen atoms in total. The average Bonchev–Trinajstić information content (AvgIpc) is 2.72. The summed E-state index contributed by atoms with van der Waals surface area (Å²) in [6, 6.07) is -1.56. The van der Waals surface area contributed by atoms with Crippen molar-refractivity contribution in [1.82, 2.24) is 0 Å². The van der Waals surface area contributed by atoms with E-state index >= 15 is 0 Å². The molecule has 32 heavy (non-hydrogen) atoms. The van der Waals surface area contributed by atoms with Gasteiger partial charge in [0, 0.05) is 6.42 Å². The summed E-state index contributed by atoms with van der Waals surface area (Å²) in [4.78, 5) is 10.4. The first-order valence-corrected chi connectivity index (χ1v) is 18.9. The lowest BCUT2D eigenvalue weighted by atomic mass is 10.0. The van der Waals surface area contributed by atoms with Gasteiger partial charge in [0.1, 0.15) is 0 Å². The monoisotopic (exact) mass is 528 g/mol. The summed E-state index contributed by atoms with van der Waals surface area (Å²) in [5, 5.41) is 8.60. The molecule has 0 spiro atoms. The molecule has 0 aromatic heterocycles. The van der Waals surface area contributed by atoms with Crippen LogP contribution in [0.15, 0.2) is 0 Å². The van der Waals surface area contributed by atoms with Crippen LogP contribution in [0.5, 0.6) is 0 Å². The number of hydrogen-bond acceptors (Lipinski definition) is 1. The largest absolute Gasteiger partial charge is 0.481 e. The molecule has 0 aromatic carbocycles. The fourth-order valence-corrected chi connectivity index (χ4v) is 6.17. The Balaban J connectivity index is 3.04. The second kappa shape index (κ2) is 24.7.